The first-order valence-electron chi connectivity index (χ1n) is 4.10. The lowest BCUT2D eigenvalue weighted by Gasteiger charge is -2.00. The summed E-state index contributed by atoms with van der Waals surface area (Å²) >= 11 is 0. The molecule has 0 radical (unpaired) electrons. The highest BCUT2D eigenvalue weighted by molar-refractivity contribution is 5.76. The zero-order valence-corrected chi connectivity index (χ0v) is 7.69. The summed E-state index contributed by atoms with van der Waals surface area (Å²) in [5.74, 6) is 0.855. The van der Waals surface area contributed by atoms with Gasteiger partial charge in [0.1, 0.15) is 12.6 Å². The number of ether oxygens (including phenoxy) is 1. The van der Waals surface area contributed by atoms with Crippen LogP contribution in [-0.2, 0) is 7.05 Å². The zero-order valence-electron chi connectivity index (χ0n) is 7.69. The zero-order chi connectivity index (χ0) is 9.26. The van der Waals surface area contributed by atoms with E-state index in [1.165, 1.54) is 0 Å². The lowest BCUT2D eigenvalue weighted by molar-refractivity contribution is -0.645. The van der Waals surface area contributed by atoms with E-state index in [0.29, 0.717) is 0 Å². The molecular formula is C10H11N2O+. The second-order valence-electron chi connectivity index (χ2n) is 2.87. The van der Waals surface area contributed by atoms with E-state index in [9.17, 15) is 0 Å². The minimum atomic E-state index is 0.855. The summed E-state index contributed by atoms with van der Waals surface area (Å²) in [6, 6.07) is 5.80. The third-order valence-electron chi connectivity index (χ3n) is 2.05. The van der Waals surface area contributed by atoms with E-state index in [4.69, 9.17) is 4.74 Å². The molecule has 2 aromatic heterocycles. The summed E-state index contributed by atoms with van der Waals surface area (Å²) in [6.07, 6.45) is 3.73. The number of nitrogens with zero attached hydrogens (tertiary/aromatic N) is 2. The molecule has 0 aliphatic carbocycles. The summed E-state index contributed by atoms with van der Waals surface area (Å²) in [7, 11) is 3.65. The van der Waals surface area contributed by atoms with E-state index in [1.54, 1.807) is 13.3 Å². The topological polar surface area (TPSA) is 26.0 Å². The predicted molar refractivity (Wildman–Crippen MR) is 49.5 cm³/mol. The van der Waals surface area contributed by atoms with Gasteiger partial charge in [0, 0.05) is 18.3 Å². The summed E-state index contributed by atoms with van der Waals surface area (Å²) in [4.78, 5) is 4.25. The molecule has 0 N–H and O–H groups in total. The number of fused-ring (bicyclic) bond motifs is 1. The van der Waals surface area contributed by atoms with Gasteiger partial charge in [0.25, 0.3) is 5.52 Å². The lowest BCUT2D eigenvalue weighted by Crippen LogP contribution is -2.28. The Morgan fingerprint density at radius 2 is 2.23 bits per heavy atom. The first-order chi connectivity index (χ1) is 6.33. The SMILES string of the molecule is COc1ccnc2ccc[n+](C)c12. The molecule has 0 bridgehead atoms. The molecule has 0 saturated heterocycles. The molecule has 13 heavy (non-hydrogen) atoms. The third kappa shape index (κ3) is 1.22. The molecule has 0 atom stereocenters. The Morgan fingerprint density at radius 3 is 3.00 bits per heavy atom. The summed E-state index contributed by atoms with van der Waals surface area (Å²) in [5, 5.41) is 0. The quantitative estimate of drug-likeness (QED) is 0.606. The maximum absolute atomic E-state index is 5.25. The van der Waals surface area contributed by atoms with Gasteiger partial charge >= 0.3 is 0 Å². The highest BCUT2D eigenvalue weighted by Crippen LogP contribution is 2.18. The van der Waals surface area contributed by atoms with E-state index in [0.717, 1.165) is 16.8 Å². The highest BCUT2D eigenvalue weighted by Gasteiger charge is 2.10. The molecule has 0 spiro atoms. The van der Waals surface area contributed by atoms with Crippen molar-refractivity contribution in [1.29, 1.82) is 0 Å². The van der Waals surface area contributed by atoms with Crippen LogP contribution in [0.25, 0.3) is 11.0 Å². The summed E-state index contributed by atoms with van der Waals surface area (Å²) in [5.41, 5.74) is 1.97. The Labute approximate surface area is 76.6 Å². The molecule has 0 amide bonds. The van der Waals surface area contributed by atoms with Crippen LogP contribution in [0.3, 0.4) is 0 Å². The van der Waals surface area contributed by atoms with Crippen molar-refractivity contribution in [1.82, 2.24) is 4.98 Å². The number of aromatic nitrogens is 2. The fraction of sp³-hybridized carbons (Fsp3) is 0.200. The molecule has 3 heteroatoms. The van der Waals surface area contributed by atoms with Gasteiger partial charge in [-0.3, -0.25) is 0 Å². The maximum atomic E-state index is 5.25. The molecule has 0 saturated carbocycles. The average molecular weight is 175 g/mol. The molecule has 0 aliphatic rings. The van der Waals surface area contributed by atoms with Crippen molar-refractivity contribution in [3.05, 3.63) is 30.6 Å². The fourth-order valence-corrected chi connectivity index (χ4v) is 1.43. The molecule has 0 aliphatic heterocycles. The van der Waals surface area contributed by atoms with Crippen LogP contribution in [0.15, 0.2) is 30.6 Å². The third-order valence-corrected chi connectivity index (χ3v) is 2.05. The molecule has 2 heterocycles. The van der Waals surface area contributed by atoms with Crippen LogP contribution >= 0.6 is 0 Å². The van der Waals surface area contributed by atoms with E-state index >= 15 is 0 Å². The molecule has 2 aromatic rings. The first-order valence-corrected chi connectivity index (χ1v) is 4.10. The fourth-order valence-electron chi connectivity index (χ4n) is 1.43. The number of pyridine rings is 2. The predicted octanol–water partition coefficient (Wildman–Crippen LogP) is 1.07. The first kappa shape index (κ1) is 7.98. The number of aryl methyl sites for hydroxylation is 1. The Bertz CT molecular complexity index is 435. The molecule has 66 valence electrons. The Kier molecular flexibility index (Phi) is 1.85. The van der Waals surface area contributed by atoms with Gasteiger partial charge in [0.15, 0.2) is 11.9 Å². The van der Waals surface area contributed by atoms with E-state index in [-0.39, 0.29) is 0 Å². The van der Waals surface area contributed by atoms with E-state index in [1.807, 2.05) is 36.0 Å². The van der Waals surface area contributed by atoms with Gasteiger partial charge < -0.3 is 4.74 Å². The Balaban J connectivity index is 2.87. The normalized spacial score (nSPS) is 10.3. The van der Waals surface area contributed by atoms with Gasteiger partial charge in [-0.2, -0.15) is 4.57 Å². The monoisotopic (exact) mass is 175 g/mol. The van der Waals surface area contributed by atoms with Crippen LogP contribution < -0.4 is 9.30 Å². The highest BCUT2D eigenvalue weighted by atomic mass is 16.5. The van der Waals surface area contributed by atoms with Gasteiger partial charge in [0.05, 0.1) is 7.11 Å². The molecular weight excluding hydrogens is 164 g/mol. The minimum Gasteiger partial charge on any atom is -0.490 e. The van der Waals surface area contributed by atoms with Gasteiger partial charge in [-0.25, -0.2) is 4.98 Å². The summed E-state index contributed by atoms with van der Waals surface area (Å²) in [6.45, 7) is 0. The number of rotatable bonds is 1. The Morgan fingerprint density at radius 1 is 1.38 bits per heavy atom. The van der Waals surface area contributed by atoms with Crippen LogP contribution in [0.4, 0.5) is 0 Å². The molecule has 3 nitrogen and oxygen atoms in total. The molecule has 0 unspecified atom stereocenters. The van der Waals surface area contributed by atoms with Gasteiger partial charge in [-0.1, -0.05) is 0 Å². The van der Waals surface area contributed by atoms with E-state index < -0.39 is 0 Å². The van der Waals surface area contributed by atoms with Crippen LogP contribution in [0.2, 0.25) is 0 Å². The average Bonchev–Trinajstić information content (AvgIpc) is 2.17. The van der Waals surface area contributed by atoms with Crippen molar-refractivity contribution in [2.24, 2.45) is 7.05 Å². The smallest absolute Gasteiger partial charge is 0.273 e. The van der Waals surface area contributed by atoms with Crippen molar-refractivity contribution in [2.75, 3.05) is 7.11 Å². The number of hydrogen-bond donors (Lipinski definition) is 0. The van der Waals surface area contributed by atoms with Crippen molar-refractivity contribution in [3.8, 4) is 5.75 Å². The van der Waals surface area contributed by atoms with Gasteiger partial charge in [-0.05, 0) is 6.07 Å². The second-order valence-corrected chi connectivity index (χ2v) is 2.87. The maximum Gasteiger partial charge on any atom is 0.273 e. The van der Waals surface area contributed by atoms with Crippen LogP contribution in [0.1, 0.15) is 0 Å². The minimum absolute atomic E-state index is 0.855. The molecule has 0 fully saturated rings. The van der Waals surface area contributed by atoms with Crippen molar-refractivity contribution < 1.29 is 9.30 Å². The Hall–Kier alpha value is -1.64. The van der Waals surface area contributed by atoms with E-state index in [2.05, 4.69) is 4.98 Å². The summed E-state index contributed by atoms with van der Waals surface area (Å²) < 4.78 is 7.25. The number of hydrogen-bond acceptors (Lipinski definition) is 2. The van der Waals surface area contributed by atoms with Crippen molar-refractivity contribution in [2.45, 2.75) is 0 Å². The van der Waals surface area contributed by atoms with Crippen LogP contribution in [0.5, 0.6) is 5.75 Å². The molecule has 2 rings (SSSR count). The second kappa shape index (κ2) is 3.01. The van der Waals surface area contributed by atoms with Crippen LogP contribution in [0, 0.1) is 0 Å². The van der Waals surface area contributed by atoms with Gasteiger partial charge in [-0.15, -0.1) is 0 Å². The standard InChI is InChI=1S/C10H11N2O/c1-12-7-3-4-8-10(12)9(13-2)5-6-11-8/h3-7H,1-2H3/q+1. The molecule has 0 aromatic carbocycles. The van der Waals surface area contributed by atoms with Crippen molar-refractivity contribution in [3.63, 3.8) is 0 Å². The van der Waals surface area contributed by atoms with Crippen LogP contribution in [-0.4, -0.2) is 12.1 Å². The largest absolute Gasteiger partial charge is 0.490 e. The van der Waals surface area contributed by atoms with Crippen molar-refractivity contribution >= 4 is 11.0 Å². The lowest BCUT2D eigenvalue weighted by atomic mass is 10.3. The number of methoxy groups -OCH3 is 1. The van der Waals surface area contributed by atoms with Gasteiger partial charge in [0.2, 0.25) is 0 Å².